The van der Waals surface area contributed by atoms with Crippen LogP contribution in [-0.2, 0) is 19.1 Å². The van der Waals surface area contributed by atoms with E-state index in [-0.39, 0.29) is 5.91 Å². The number of esters is 1. The molecule has 2 aliphatic rings. The fourth-order valence-corrected chi connectivity index (χ4v) is 4.99. The van der Waals surface area contributed by atoms with Gasteiger partial charge in [-0.25, -0.2) is 4.79 Å². The number of ether oxygens (including phenoxy) is 1. The van der Waals surface area contributed by atoms with Crippen LogP contribution in [0.1, 0.15) is 45.4 Å². The molecule has 0 atom stereocenters. The maximum atomic E-state index is 12.8. The summed E-state index contributed by atoms with van der Waals surface area (Å²) in [5.74, 6) is -0.122. The summed E-state index contributed by atoms with van der Waals surface area (Å²) in [6.07, 6.45) is 4.78. The van der Waals surface area contributed by atoms with Gasteiger partial charge in [-0.3, -0.25) is 19.3 Å². The maximum Gasteiger partial charge on any atom is 0.326 e. The number of hydrogen-bond acceptors (Lipinski definition) is 6. The standard InChI is InChI=1S/C23H31N3O5S/c1-2-17-9-11-23(12-10-17)21(29)26(22(30)25-23)15-20(28)31-16-19(27)24-13-6-14-32-18-7-4-3-5-8-18/h3-5,7-8,17H,2,6,9-16H2,1H3,(H,24,27)(H,25,30). The molecular weight excluding hydrogens is 430 g/mol. The summed E-state index contributed by atoms with van der Waals surface area (Å²) in [4.78, 5) is 51.2. The van der Waals surface area contributed by atoms with Gasteiger partial charge in [-0.05, 0) is 55.9 Å². The summed E-state index contributed by atoms with van der Waals surface area (Å²) in [5, 5.41) is 5.49. The van der Waals surface area contributed by atoms with Gasteiger partial charge in [0.05, 0.1) is 0 Å². The molecular formula is C23H31N3O5S. The first-order valence-electron chi connectivity index (χ1n) is 11.2. The Balaban J connectivity index is 1.33. The number of amides is 4. The molecule has 1 spiro atoms. The Bertz CT molecular complexity index is 824. The minimum Gasteiger partial charge on any atom is -0.454 e. The van der Waals surface area contributed by atoms with E-state index in [0.29, 0.717) is 25.3 Å². The zero-order chi connectivity index (χ0) is 23.0. The average Bonchev–Trinajstić information content (AvgIpc) is 3.02. The molecule has 0 radical (unpaired) electrons. The summed E-state index contributed by atoms with van der Waals surface area (Å²) in [6, 6.07) is 9.43. The Kier molecular flexibility index (Phi) is 8.55. The Morgan fingerprint density at radius 2 is 1.94 bits per heavy atom. The number of carbonyl (C=O) groups is 4. The minimum absolute atomic E-state index is 0.366. The van der Waals surface area contributed by atoms with Crippen LogP contribution in [0.2, 0.25) is 0 Å². The number of thioether (sulfide) groups is 1. The van der Waals surface area contributed by atoms with Crippen LogP contribution in [0.4, 0.5) is 4.79 Å². The monoisotopic (exact) mass is 461 g/mol. The van der Waals surface area contributed by atoms with Crippen LogP contribution < -0.4 is 10.6 Å². The molecule has 1 saturated carbocycles. The van der Waals surface area contributed by atoms with Crippen LogP contribution in [0.15, 0.2) is 35.2 Å². The Morgan fingerprint density at radius 1 is 1.22 bits per heavy atom. The number of nitrogens with zero attached hydrogens (tertiary/aromatic N) is 1. The number of benzene rings is 1. The van der Waals surface area contributed by atoms with E-state index in [1.165, 1.54) is 4.90 Å². The van der Waals surface area contributed by atoms with Gasteiger partial charge in [0, 0.05) is 11.4 Å². The van der Waals surface area contributed by atoms with Crippen LogP contribution in [0, 0.1) is 5.92 Å². The molecule has 0 aromatic heterocycles. The van der Waals surface area contributed by atoms with E-state index in [2.05, 4.69) is 17.6 Å². The van der Waals surface area contributed by atoms with E-state index >= 15 is 0 Å². The molecule has 1 saturated heterocycles. The van der Waals surface area contributed by atoms with E-state index < -0.39 is 36.6 Å². The Hall–Kier alpha value is -2.55. The lowest BCUT2D eigenvalue weighted by Crippen LogP contribution is -2.49. The molecule has 32 heavy (non-hydrogen) atoms. The first-order chi connectivity index (χ1) is 15.4. The van der Waals surface area contributed by atoms with E-state index in [9.17, 15) is 19.2 Å². The number of hydrogen-bond donors (Lipinski definition) is 2. The summed E-state index contributed by atoms with van der Waals surface area (Å²) >= 11 is 1.71. The number of imide groups is 1. The van der Waals surface area contributed by atoms with Gasteiger partial charge < -0.3 is 15.4 Å². The molecule has 9 heteroatoms. The summed E-state index contributed by atoms with van der Waals surface area (Å²) in [7, 11) is 0. The lowest BCUT2D eigenvalue weighted by Gasteiger charge is -2.34. The van der Waals surface area contributed by atoms with E-state index in [1.54, 1.807) is 11.8 Å². The fourth-order valence-electron chi connectivity index (χ4n) is 4.12. The number of urea groups is 1. The smallest absolute Gasteiger partial charge is 0.326 e. The largest absolute Gasteiger partial charge is 0.454 e. The zero-order valence-electron chi connectivity index (χ0n) is 18.4. The van der Waals surface area contributed by atoms with E-state index in [0.717, 1.165) is 36.3 Å². The molecule has 2 fully saturated rings. The predicted octanol–water partition coefficient (Wildman–Crippen LogP) is 2.72. The van der Waals surface area contributed by atoms with Gasteiger partial charge in [-0.15, -0.1) is 11.8 Å². The van der Waals surface area contributed by atoms with Crippen LogP contribution >= 0.6 is 11.8 Å². The van der Waals surface area contributed by atoms with Crippen LogP contribution in [0.5, 0.6) is 0 Å². The highest BCUT2D eigenvalue weighted by molar-refractivity contribution is 7.99. The third-order valence-electron chi connectivity index (χ3n) is 6.09. The third-order valence-corrected chi connectivity index (χ3v) is 7.19. The van der Waals surface area contributed by atoms with E-state index in [1.807, 2.05) is 30.3 Å². The highest BCUT2D eigenvalue weighted by Crippen LogP contribution is 2.37. The average molecular weight is 462 g/mol. The third kappa shape index (κ3) is 6.25. The topological polar surface area (TPSA) is 105 Å². The second-order valence-electron chi connectivity index (χ2n) is 8.28. The van der Waals surface area contributed by atoms with Crippen LogP contribution in [0.25, 0.3) is 0 Å². The summed E-state index contributed by atoms with van der Waals surface area (Å²) in [6.45, 7) is 1.69. The van der Waals surface area contributed by atoms with Gasteiger partial charge in [0.2, 0.25) is 0 Å². The van der Waals surface area contributed by atoms with Crippen molar-refractivity contribution < 1.29 is 23.9 Å². The fraction of sp³-hybridized carbons (Fsp3) is 0.565. The SMILES string of the molecule is CCC1CCC2(CC1)NC(=O)N(CC(=O)OCC(=O)NCCCSc1ccccc1)C2=O. The molecule has 1 aromatic rings. The first kappa shape index (κ1) is 24.1. The van der Waals surface area contributed by atoms with E-state index in [4.69, 9.17) is 4.74 Å². The van der Waals surface area contributed by atoms with Gasteiger partial charge in [-0.2, -0.15) is 0 Å². The van der Waals surface area contributed by atoms with Crippen molar-refractivity contribution in [1.29, 1.82) is 0 Å². The van der Waals surface area contributed by atoms with Crippen molar-refractivity contribution in [2.75, 3.05) is 25.4 Å². The molecule has 2 N–H and O–H groups in total. The quantitative estimate of drug-likeness (QED) is 0.240. The second-order valence-corrected chi connectivity index (χ2v) is 9.45. The second kappa shape index (κ2) is 11.4. The van der Waals surface area contributed by atoms with Gasteiger partial charge in [0.15, 0.2) is 6.61 Å². The molecule has 1 aliphatic carbocycles. The highest BCUT2D eigenvalue weighted by Gasteiger charge is 2.52. The lowest BCUT2D eigenvalue weighted by atomic mass is 9.75. The molecule has 0 unspecified atom stereocenters. The van der Waals surface area contributed by atoms with Crippen molar-refractivity contribution in [2.45, 2.75) is 55.9 Å². The molecule has 1 aromatic carbocycles. The molecule has 174 valence electrons. The number of carbonyl (C=O) groups excluding carboxylic acids is 4. The summed E-state index contributed by atoms with van der Waals surface area (Å²) in [5.41, 5.74) is -0.891. The van der Waals surface area contributed by atoms with Crippen LogP contribution in [-0.4, -0.2) is 59.7 Å². The highest BCUT2D eigenvalue weighted by atomic mass is 32.2. The van der Waals surface area contributed by atoms with Gasteiger partial charge in [-0.1, -0.05) is 31.5 Å². The first-order valence-corrected chi connectivity index (χ1v) is 12.2. The predicted molar refractivity (Wildman–Crippen MR) is 121 cm³/mol. The van der Waals surface area contributed by atoms with Crippen molar-refractivity contribution >= 4 is 35.6 Å². The van der Waals surface area contributed by atoms with Crippen molar-refractivity contribution in [1.82, 2.24) is 15.5 Å². The molecule has 1 aliphatic heterocycles. The van der Waals surface area contributed by atoms with Crippen molar-refractivity contribution in [3.63, 3.8) is 0 Å². The lowest BCUT2D eigenvalue weighted by molar-refractivity contribution is -0.151. The molecule has 3 rings (SSSR count). The zero-order valence-corrected chi connectivity index (χ0v) is 19.2. The van der Waals surface area contributed by atoms with Gasteiger partial charge in [0.25, 0.3) is 11.8 Å². The van der Waals surface area contributed by atoms with Crippen molar-refractivity contribution in [2.24, 2.45) is 5.92 Å². The molecule has 1 heterocycles. The Labute approximate surface area is 192 Å². The maximum absolute atomic E-state index is 12.8. The Morgan fingerprint density at radius 3 is 2.62 bits per heavy atom. The van der Waals surface area contributed by atoms with Crippen LogP contribution in [0.3, 0.4) is 0 Å². The minimum atomic E-state index is -0.891. The number of rotatable bonds is 10. The van der Waals surface area contributed by atoms with Gasteiger partial charge >= 0.3 is 12.0 Å². The summed E-state index contributed by atoms with van der Waals surface area (Å²) < 4.78 is 4.97. The number of nitrogens with one attached hydrogen (secondary N) is 2. The van der Waals surface area contributed by atoms with Gasteiger partial charge in [0.1, 0.15) is 12.1 Å². The molecule has 4 amide bonds. The molecule has 0 bridgehead atoms. The normalized spacial score (nSPS) is 22.7. The van der Waals surface area contributed by atoms with Crippen molar-refractivity contribution in [3.05, 3.63) is 30.3 Å². The molecule has 8 nitrogen and oxygen atoms in total. The van der Waals surface area contributed by atoms with Crippen molar-refractivity contribution in [3.8, 4) is 0 Å².